The Balaban J connectivity index is 1.82. The van der Waals surface area contributed by atoms with Gasteiger partial charge < -0.3 is 27.0 Å². The van der Waals surface area contributed by atoms with Crippen LogP contribution < -0.4 is 22.1 Å². The fraction of sp³-hybridized carbons (Fsp3) is 0.138. The van der Waals surface area contributed by atoms with Crippen molar-refractivity contribution in [1.29, 1.82) is 0 Å². The summed E-state index contributed by atoms with van der Waals surface area (Å²) in [7, 11) is 3.89. The largest absolute Gasteiger partial charge is 0.368 e. The predicted molar refractivity (Wildman–Crippen MR) is 151 cm³/mol. The third-order valence-corrected chi connectivity index (χ3v) is 5.89. The minimum atomic E-state index is -0.752. The Kier molecular flexibility index (Phi) is 8.27. The molecule has 0 radical (unpaired) electrons. The molecule has 0 fully saturated rings. The zero-order valence-electron chi connectivity index (χ0n) is 21.6. The van der Waals surface area contributed by atoms with Gasteiger partial charge in [-0.2, -0.15) is 0 Å². The molecule has 0 saturated heterocycles. The summed E-state index contributed by atoms with van der Waals surface area (Å²) in [6.07, 6.45) is 0. The van der Waals surface area contributed by atoms with Crippen LogP contribution in [-0.4, -0.2) is 59.8 Å². The van der Waals surface area contributed by atoms with E-state index in [1.165, 1.54) is 12.1 Å². The summed E-state index contributed by atoms with van der Waals surface area (Å²) in [6.45, 7) is 1.21. The SMILES string of the molecule is CN(C)CCNc1nc(-c2ccccc2)nc(C(N)=O)c1-c1ccccc1C(=O)Nc1ccc(C(N)=O)cc1. The van der Waals surface area contributed by atoms with E-state index in [0.29, 0.717) is 52.7 Å². The average Bonchev–Trinajstić information content (AvgIpc) is 2.93. The summed E-state index contributed by atoms with van der Waals surface area (Å²) in [6, 6.07) is 22.3. The van der Waals surface area contributed by atoms with Crippen LogP contribution in [0, 0.1) is 0 Å². The molecule has 0 aliphatic rings. The second-order valence-corrected chi connectivity index (χ2v) is 9.02. The molecular weight excluding hydrogens is 494 g/mol. The minimum Gasteiger partial charge on any atom is -0.368 e. The van der Waals surface area contributed by atoms with E-state index >= 15 is 0 Å². The summed E-state index contributed by atoms with van der Waals surface area (Å²) < 4.78 is 0. The van der Waals surface area contributed by atoms with Gasteiger partial charge >= 0.3 is 0 Å². The fourth-order valence-electron chi connectivity index (χ4n) is 3.95. The molecule has 0 atom stereocenters. The van der Waals surface area contributed by atoms with Gasteiger partial charge in [-0.25, -0.2) is 9.97 Å². The van der Waals surface area contributed by atoms with Gasteiger partial charge in [-0.3, -0.25) is 14.4 Å². The first-order valence-electron chi connectivity index (χ1n) is 12.2. The van der Waals surface area contributed by atoms with Gasteiger partial charge in [-0.15, -0.1) is 0 Å². The van der Waals surface area contributed by atoms with Gasteiger partial charge in [0.1, 0.15) is 11.5 Å². The lowest BCUT2D eigenvalue weighted by atomic mass is 9.97. The van der Waals surface area contributed by atoms with E-state index in [4.69, 9.17) is 16.5 Å². The van der Waals surface area contributed by atoms with Crippen molar-refractivity contribution in [1.82, 2.24) is 14.9 Å². The Morgan fingerprint density at radius 2 is 1.49 bits per heavy atom. The first kappa shape index (κ1) is 27.0. The maximum Gasteiger partial charge on any atom is 0.268 e. The molecule has 0 aliphatic heterocycles. The number of anilines is 2. The van der Waals surface area contributed by atoms with Crippen molar-refractivity contribution in [3.8, 4) is 22.5 Å². The van der Waals surface area contributed by atoms with E-state index in [9.17, 15) is 14.4 Å². The molecule has 39 heavy (non-hydrogen) atoms. The molecule has 1 heterocycles. The Bertz CT molecular complexity index is 1500. The molecule has 198 valence electrons. The first-order valence-corrected chi connectivity index (χ1v) is 12.2. The topological polar surface area (TPSA) is 156 Å². The van der Waals surface area contributed by atoms with Crippen LogP contribution in [0.5, 0.6) is 0 Å². The predicted octanol–water partition coefficient (Wildman–Crippen LogP) is 3.23. The quantitative estimate of drug-likeness (QED) is 0.249. The molecule has 4 rings (SSSR count). The maximum atomic E-state index is 13.4. The molecule has 0 spiro atoms. The Labute approximate surface area is 226 Å². The zero-order chi connectivity index (χ0) is 27.9. The standard InChI is InChI=1S/C29H29N7O3/c1-36(2)17-16-32-28-23(24(26(31)38)34-27(35-28)19-8-4-3-5-9-19)21-10-6-7-11-22(21)29(39)33-20-14-12-18(13-15-20)25(30)37/h3-15H,16-17H2,1-2H3,(H2,30,37)(H2,31,38)(H,33,39)(H,32,34,35). The maximum absolute atomic E-state index is 13.4. The molecule has 1 aromatic heterocycles. The fourth-order valence-corrected chi connectivity index (χ4v) is 3.95. The molecule has 0 unspecified atom stereocenters. The van der Waals surface area contributed by atoms with Crippen molar-refractivity contribution in [3.63, 3.8) is 0 Å². The molecule has 10 heteroatoms. The summed E-state index contributed by atoms with van der Waals surface area (Å²) >= 11 is 0. The van der Waals surface area contributed by atoms with Crippen molar-refractivity contribution in [3.05, 3.63) is 95.7 Å². The molecule has 3 amide bonds. The van der Waals surface area contributed by atoms with E-state index in [-0.39, 0.29) is 11.3 Å². The number of nitrogens with zero attached hydrogens (tertiary/aromatic N) is 3. The van der Waals surface area contributed by atoms with Crippen LogP contribution in [0.1, 0.15) is 31.2 Å². The van der Waals surface area contributed by atoms with Crippen molar-refractivity contribution < 1.29 is 14.4 Å². The number of aromatic nitrogens is 2. The van der Waals surface area contributed by atoms with Crippen LogP contribution in [0.4, 0.5) is 11.5 Å². The summed E-state index contributed by atoms with van der Waals surface area (Å²) in [5.74, 6) is -1.04. The normalized spacial score (nSPS) is 10.7. The summed E-state index contributed by atoms with van der Waals surface area (Å²) in [5, 5.41) is 6.13. The number of benzene rings is 3. The van der Waals surface area contributed by atoms with E-state index in [1.54, 1.807) is 36.4 Å². The van der Waals surface area contributed by atoms with Gasteiger partial charge in [0.25, 0.3) is 11.8 Å². The number of amides is 3. The lowest BCUT2D eigenvalue weighted by molar-refractivity contribution is 0.0989. The lowest BCUT2D eigenvalue weighted by Gasteiger charge is -2.19. The Morgan fingerprint density at radius 1 is 0.821 bits per heavy atom. The first-order chi connectivity index (χ1) is 18.7. The van der Waals surface area contributed by atoms with Crippen LogP contribution >= 0.6 is 0 Å². The molecule has 10 nitrogen and oxygen atoms in total. The van der Waals surface area contributed by atoms with Crippen LogP contribution in [0.15, 0.2) is 78.9 Å². The number of carbonyl (C=O) groups is 3. The number of rotatable bonds is 10. The molecule has 3 aromatic carbocycles. The average molecular weight is 524 g/mol. The number of hydrogen-bond donors (Lipinski definition) is 4. The lowest BCUT2D eigenvalue weighted by Crippen LogP contribution is -2.23. The van der Waals surface area contributed by atoms with Crippen molar-refractivity contribution >= 4 is 29.2 Å². The van der Waals surface area contributed by atoms with Gasteiger partial charge in [-0.1, -0.05) is 48.5 Å². The van der Waals surface area contributed by atoms with Gasteiger partial charge in [0.15, 0.2) is 5.82 Å². The van der Waals surface area contributed by atoms with Crippen LogP contribution in [0.3, 0.4) is 0 Å². The van der Waals surface area contributed by atoms with Crippen molar-refractivity contribution in [2.24, 2.45) is 11.5 Å². The summed E-state index contributed by atoms with van der Waals surface area (Å²) in [4.78, 5) is 48.8. The van der Waals surface area contributed by atoms with E-state index < -0.39 is 17.7 Å². The molecule has 0 saturated carbocycles. The van der Waals surface area contributed by atoms with Gasteiger partial charge in [-0.05, 0) is 44.4 Å². The van der Waals surface area contributed by atoms with Crippen LogP contribution in [0.25, 0.3) is 22.5 Å². The monoisotopic (exact) mass is 523 g/mol. The Hall–Kier alpha value is -5.09. The van der Waals surface area contributed by atoms with Gasteiger partial charge in [0.2, 0.25) is 5.91 Å². The highest BCUT2D eigenvalue weighted by atomic mass is 16.2. The minimum absolute atomic E-state index is 0.0118. The smallest absolute Gasteiger partial charge is 0.268 e. The van der Waals surface area contributed by atoms with E-state index in [1.807, 2.05) is 49.3 Å². The van der Waals surface area contributed by atoms with Gasteiger partial charge in [0.05, 0.1) is 5.56 Å². The molecular formula is C29H29N7O3. The van der Waals surface area contributed by atoms with Crippen molar-refractivity contribution in [2.75, 3.05) is 37.8 Å². The summed E-state index contributed by atoms with van der Waals surface area (Å²) in [5.41, 5.74) is 13.7. The second kappa shape index (κ2) is 12.0. The van der Waals surface area contributed by atoms with Crippen molar-refractivity contribution in [2.45, 2.75) is 0 Å². The second-order valence-electron chi connectivity index (χ2n) is 9.02. The molecule has 4 aromatic rings. The number of carbonyl (C=O) groups excluding carboxylic acids is 3. The Morgan fingerprint density at radius 3 is 2.13 bits per heavy atom. The number of hydrogen-bond acceptors (Lipinski definition) is 7. The number of primary amides is 2. The zero-order valence-corrected chi connectivity index (χ0v) is 21.6. The molecule has 0 bridgehead atoms. The van der Waals surface area contributed by atoms with Crippen LogP contribution in [0.2, 0.25) is 0 Å². The molecule has 0 aliphatic carbocycles. The highest BCUT2D eigenvalue weighted by Gasteiger charge is 2.24. The molecule has 6 N–H and O–H groups in total. The third-order valence-electron chi connectivity index (χ3n) is 5.89. The van der Waals surface area contributed by atoms with E-state index in [0.717, 1.165) is 0 Å². The van der Waals surface area contributed by atoms with Gasteiger partial charge in [0, 0.05) is 41.0 Å². The number of likely N-dealkylation sites (N-methyl/N-ethyl adjacent to an activating group) is 1. The highest BCUT2D eigenvalue weighted by Crippen LogP contribution is 2.34. The van der Waals surface area contributed by atoms with E-state index in [2.05, 4.69) is 15.6 Å². The highest BCUT2D eigenvalue weighted by molar-refractivity contribution is 6.12. The third kappa shape index (κ3) is 6.43. The number of nitrogens with one attached hydrogen (secondary N) is 2. The van der Waals surface area contributed by atoms with Crippen LogP contribution in [-0.2, 0) is 0 Å². The number of nitrogens with two attached hydrogens (primary N) is 2.